The van der Waals surface area contributed by atoms with E-state index >= 15 is 8.78 Å². The van der Waals surface area contributed by atoms with E-state index in [2.05, 4.69) is 38.0 Å². The van der Waals surface area contributed by atoms with Crippen LogP contribution in [0.15, 0.2) is 92.1 Å². The van der Waals surface area contributed by atoms with E-state index in [0.29, 0.717) is 53.1 Å². The molecule has 0 bridgehead atoms. The first-order valence-corrected chi connectivity index (χ1v) is 15.5. The average molecular weight is 598 g/mol. The van der Waals surface area contributed by atoms with Crippen LogP contribution in [0.25, 0.3) is 16.5 Å². The van der Waals surface area contributed by atoms with Crippen LogP contribution >= 0.6 is 0 Å². The van der Waals surface area contributed by atoms with Gasteiger partial charge in [0.15, 0.2) is 5.83 Å². The van der Waals surface area contributed by atoms with Crippen molar-refractivity contribution in [1.82, 2.24) is 14.7 Å². The molecule has 9 heteroatoms. The number of halogens is 2. The highest BCUT2D eigenvalue weighted by atomic mass is 19.1. The minimum absolute atomic E-state index is 0.0553. The van der Waals surface area contributed by atoms with Gasteiger partial charge in [0.25, 0.3) is 0 Å². The zero-order valence-electron chi connectivity index (χ0n) is 25.8. The maximum Gasteiger partial charge on any atom is 0.175 e. The topological polar surface area (TPSA) is 72.8 Å². The molecule has 230 valence electrons. The molecular formula is C35H41F2N7. The minimum atomic E-state index is -0.576. The fraction of sp³-hybridized carbons (Fsp3) is 0.400. The summed E-state index contributed by atoms with van der Waals surface area (Å²) in [5, 5.41) is 1.02. The number of fused-ring (bicyclic) bond motifs is 2. The molecule has 2 aromatic carbocycles. The van der Waals surface area contributed by atoms with Gasteiger partial charge in [-0.05, 0) is 75.9 Å². The van der Waals surface area contributed by atoms with Crippen molar-refractivity contribution in [3.8, 4) is 0 Å². The Hall–Kier alpha value is -4.11. The lowest BCUT2D eigenvalue weighted by atomic mass is 9.93. The molecule has 3 saturated heterocycles. The van der Waals surface area contributed by atoms with Gasteiger partial charge in [-0.2, -0.15) is 0 Å². The molecule has 0 radical (unpaired) electrons. The van der Waals surface area contributed by atoms with Crippen LogP contribution in [0.4, 0.5) is 8.78 Å². The maximum absolute atomic E-state index is 17.0. The Labute approximate surface area is 258 Å². The maximum atomic E-state index is 17.0. The summed E-state index contributed by atoms with van der Waals surface area (Å²) in [7, 11) is 2.04. The van der Waals surface area contributed by atoms with Gasteiger partial charge in [-0.25, -0.2) is 13.8 Å². The number of allylic oxidation sites excluding steroid dienone is 3. The van der Waals surface area contributed by atoms with Gasteiger partial charge in [-0.1, -0.05) is 36.9 Å². The third kappa shape index (κ3) is 5.27. The zero-order chi connectivity index (χ0) is 31.0. The number of hydrogen-bond acceptors (Lipinski definition) is 7. The molecule has 2 aromatic rings. The zero-order valence-corrected chi connectivity index (χ0v) is 25.8. The third-order valence-electron chi connectivity index (χ3n) is 9.77. The molecule has 2 N–H and O–H groups in total. The summed E-state index contributed by atoms with van der Waals surface area (Å²) in [6.45, 7) is 14.4. The van der Waals surface area contributed by atoms with Crippen molar-refractivity contribution in [3.05, 3.63) is 88.5 Å². The van der Waals surface area contributed by atoms with Crippen molar-refractivity contribution >= 4 is 35.1 Å². The molecule has 0 unspecified atom stereocenters. The predicted octanol–water partition coefficient (Wildman–Crippen LogP) is 6.07. The number of aliphatic imine (C=N–C) groups is 3. The van der Waals surface area contributed by atoms with Gasteiger partial charge in [0.2, 0.25) is 0 Å². The predicted molar refractivity (Wildman–Crippen MR) is 177 cm³/mol. The number of likely N-dealkylation sites (N-methyl/N-ethyl adjacent to an activating group) is 1. The molecule has 3 fully saturated rings. The summed E-state index contributed by atoms with van der Waals surface area (Å²) in [5.41, 5.74) is 9.64. The fourth-order valence-corrected chi connectivity index (χ4v) is 7.33. The van der Waals surface area contributed by atoms with Crippen molar-refractivity contribution < 1.29 is 8.78 Å². The highest BCUT2D eigenvalue weighted by Crippen LogP contribution is 2.40. The smallest absolute Gasteiger partial charge is 0.175 e. The Morgan fingerprint density at radius 3 is 2.48 bits per heavy atom. The monoisotopic (exact) mass is 597 g/mol. The summed E-state index contributed by atoms with van der Waals surface area (Å²) in [5.74, 6) is -0.480. The van der Waals surface area contributed by atoms with Crippen LogP contribution < -0.4 is 5.73 Å². The van der Waals surface area contributed by atoms with E-state index < -0.39 is 11.6 Å². The van der Waals surface area contributed by atoms with Gasteiger partial charge < -0.3 is 15.5 Å². The van der Waals surface area contributed by atoms with E-state index in [1.807, 2.05) is 26.1 Å². The first-order valence-electron chi connectivity index (χ1n) is 15.5. The van der Waals surface area contributed by atoms with E-state index in [9.17, 15) is 0 Å². The first-order chi connectivity index (χ1) is 21.2. The summed E-state index contributed by atoms with van der Waals surface area (Å²) in [4.78, 5) is 20.9. The van der Waals surface area contributed by atoms with E-state index in [4.69, 9.17) is 10.7 Å². The third-order valence-corrected chi connectivity index (χ3v) is 9.77. The van der Waals surface area contributed by atoms with E-state index in [1.165, 1.54) is 6.07 Å². The van der Waals surface area contributed by atoms with Crippen LogP contribution in [-0.4, -0.2) is 85.2 Å². The second-order valence-electron chi connectivity index (χ2n) is 12.3. The number of hydrogen-bond donors (Lipinski definition) is 1. The molecule has 0 saturated carbocycles. The van der Waals surface area contributed by atoms with Crippen LogP contribution in [0.5, 0.6) is 0 Å². The minimum Gasteiger partial charge on any atom is -0.399 e. The molecule has 7 nitrogen and oxygen atoms in total. The first kappa shape index (κ1) is 29.9. The molecule has 44 heavy (non-hydrogen) atoms. The van der Waals surface area contributed by atoms with E-state index in [0.717, 1.165) is 63.0 Å². The van der Waals surface area contributed by atoms with Crippen molar-refractivity contribution in [2.24, 2.45) is 20.7 Å². The normalized spacial score (nSPS) is 23.8. The Morgan fingerprint density at radius 2 is 1.77 bits per heavy atom. The van der Waals surface area contributed by atoms with E-state index in [-0.39, 0.29) is 16.9 Å². The Bertz CT molecular complexity index is 1650. The summed E-state index contributed by atoms with van der Waals surface area (Å²) in [6, 6.07) is 10.2. The molecule has 4 aliphatic heterocycles. The van der Waals surface area contributed by atoms with Gasteiger partial charge in [-0.15, -0.1) is 0 Å². The number of nitrogens with zero attached hydrogens (tertiary/aromatic N) is 6. The van der Waals surface area contributed by atoms with Gasteiger partial charge in [0.1, 0.15) is 23.0 Å². The second-order valence-corrected chi connectivity index (χ2v) is 12.3. The van der Waals surface area contributed by atoms with Crippen molar-refractivity contribution in [2.45, 2.75) is 44.6 Å². The number of rotatable bonds is 6. The molecule has 0 aromatic heterocycles. The highest BCUT2D eigenvalue weighted by Gasteiger charge is 2.44. The Morgan fingerprint density at radius 1 is 1.05 bits per heavy atom. The van der Waals surface area contributed by atoms with E-state index in [1.54, 1.807) is 24.4 Å². The van der Waals surface area contributed by atoms with Crippen LogP contribution in [0, 0.1) is 5.82 Å². The number of benzene rings is 2. The van der Waals surface area contributed by atoms with Crippen LogP contribution in [0.2, 0.25) is 0 Å². The standard InChI is InChI=1S/C35H41F2N7/c1-23(24(2)38)29-21-43(17-9-16-42(29)4)34(39-3)27-20-40-32(26-12-5-10-25-11-6-13-28(36)30(25)26)31(37)33(27)41-22-35-14-7-18-44(35)19-8-15-35/h5-6,10-13,20H,2-3,7-9,14-19,21-22,38H2,1,4H3/b29-23-,34-27+,41-33?. The van der Waals surface area contributed by atoms with Crippen LogP contribution in [-0.2, 0) is 0 Å². The molecule has 0 atom stereocenters. The van der Waals surface area contributed by atoms with Gasteiger partial charge >= 0.3 is 0 Å². The Kier molecular flexibility index (Phi) is 8.24. The second kappa shape index (κ2) is 12.1. The molecule has 4 heterocycles. The average Bonchev–Trinajstić information content (AvgIpc) is 3.53. The lowest BCUT2D eigenvalue weighted by molar-refractivity contribution is 0.204. The lowest BCUT2D eigenvalue weighted by Gasteiger charge is -2.31. The van der Waals surface area contributed by atoms with Gasteiger partial charge in [0, 0.05) is 54.2 Å². The highest BCUT2D eigenvalue weighted by molar-refractivity contribution is 6.29. The molecule has 4 aliphatic rings. The molecular weight excluding hydrogens is 556 g/mol. The number of nitrogens with two attached hydrogens (primary N) is 1. The Balaban J connectivity index is 1.50. The van der Waals surface area contributed by atoms with Crippen molar-refractivity contribution in [2.75, 3.05) is 46.3 Å². The largest absolute Gasteiger partial charge is 0.399 e. The van der Waals surface area contributed by atoms with Crippen LogP contribution in [0.1, 0.15) is 44.6 Å². The summed E-state index contributed by atoms with van der Waals surface area (Å²) < 4.78 is 32.1. The van der Waals surface area contributed by atoms with Crippen LogP contribution in [0.3, 0.4) is 0 Å². The lowest BCUT2D eigenvalue weighted by Crippen LogP contribution is -2.41. The molecule has 0 spiro atoms. The summed E-state index contributed by atoms with van der Waals surface area (Å²) in [6.07, 6.45) is 6.82. The molecule has 0 amide bonds. The molecule has 0 aliphatic carbocycles. The molecule has 6 rings (SSSR count). The van der Waals surface area contributed by atoms with Crippen molar-refractivity contribution in [3.63, 3.8) is 0 Å². The van der Waals surface area contributed by atoms with Gasteiger partial charge in [-0.3, -0.25) is 14.9 Å². The fourth-order valence-electron chi connectivity index (χ4n) is 7.33. The van der Waals surface area contributed by atoms with Gasteiger partial charge in [0.05, 0.1) is 18.7 Å². The van der Waals surface area contributed by atoms with Crippen molar-refractivity contribution in [1.29, 1.82) is 0 Å². The summed E-state index contributed by atoms with van der Waals surface area (Å²) >= 11 is 0. The SMILES string of the molecule is C=N/C(=C1/C=NC(c2cccc3cccc(F)c23)=C(F)C1=NCC12CCCN1CCC2)N1CCCN(C)/C(=C(/C)C(=C)N)C1. The quantitative estimate of drug-likeness (QED) is 0.411.